The molecule has 0 heterocycles. The first-order valence-electron chi connectivity index (χ1n) is 8.83. The summed E-state index contributed by atoms with van der Waals surface area (Å²) in [4.78, 5) is 0.308. The second kappa shape index (κ2) is 8.48. The molecule has 0 saturated heterocycles. The Morgan fingerprint density at radius 1 is 0.815 bits per heavy atom. The molecule has 0 unspecified atom stereocenters. The van der Waals surface area contributed by atoms with Crippen LogP contribution in [0.4, 0.5) is 0 Å². The molecule has 0 amide bonds. The molecule has 0 spiro atoms. The molecule has 1 N–H and O–H groups in total. The van der Waals surface area contributed by atoms with Gasteiger partial charge in [-0.25, -0.2) is 12.7 Å². The van der Waals surface area contributed by atoms with Crippen molar-refractivity contribution in [2.24, 2.45) is 0 Å². The van der Waals surface area contributed by atoms with E-state index in [2.05, 4.69) is 29.6 Å². The van der Waals surface area contributed by atoms with Crippen molar-refractivity contribution in [1.29, 1.82) is 0 Å². The number of hydrogen-bond donors (Lipinski definition) is 1. The van der Waals surface area contributed by atoms with Crippen molar-refractivity contribution >= 4 is 10.0 Å². The second-order valence-electron chi connectivity index (χ2n) is 6.57. The molecule has 0 fully saturated rings. The maximum Gasteiger partial charge on any atom is 0.242 e. The summed E-state index contributed by atoms with van der Waals surface area (Å²) in [7, 11) is -0.351. The highest BCUT2D eigenvalue weighted by atomic mass is 32.2. The van der Waals surface area contributed by atoms with Crippen LogP contribution >= 0.6 is 0 Å². The van der Waals surface area contributed by atoms with Crippen LogP contribution in [0.3, 0.4) is 0 Å². The Labute approximate surface area is 161 Å². The van der Waals surface area contributed by atoms with Crippen LogP contribution in [0.2, 0.25) is 0 Å². The van der Waals surface area contributed by atoms with Crippen LogP contribution in [0.1, 0.15) is 22.7 Å². The summed E-state index contributed by atoms with van der Waals surface area (Å²) in [6.07, 6.45) is 0. The number of hydrogen-bond acceptors (Lipinski definition) is 3. The van der Waals surface area contributed by atoms with Gasteiger partial charge in [-0.1, -0.05) is 72.8 Å². The molecular formula is C22H24N2O2S. The molecule has 0 atom stereocenters. The van der Waals surface area contributed by atoms with Gasteiger partial charge in [0.2, 0.25) is 10.0 Å². The molecule has 0 aliphatic carbocycles. The van der Waals surface area contributed by atoms with E-state index in [1.807, 2.05) is 42.5 Å². The third-order valence-corrected chi connectivity index (χ3v) is 6.26. The molecule has 0 aliphatic heterocycles. The Hall–Kier alpha value is -2.47. The van der Waals surface area contributed by atoms with Crippen molar-refractivity contribution in [3.05, 3.63) is 102 Å². The lowest BCUT2D eigenvalue weighted by atomic mass is 9.98. The first kappa shape index (κ1) is 19.3. The van der Waals surface area contributed by atoms with Gasteiger partial charge in [0.15, 0.2) is 0 Å². The average molecular weight is 381 g/mol. The highest BCUT2D eigenvalue weighted by Gasteiger charge is 2.18. The predicted octanol–water partition coefficient (Wildman–Crippen LogP) is 3.82. The molecule has 0 radical (unpaired) electrons. The van der Waals surface area contributed by atoms with Crippen LogP contribution in [0.5, 0.6) is 0 Å². The number of nitrogens with one attached hydrogen (secondary N) is 1. The van der Waals surface area contributed by atoms with E-state index in [4.69, 9.17) is 0 Å². The van der Waals surface area contributed by atoms with Crippen LogP contribution in [0, 0.1) is 0 Å². The maximum absolute atomic E-state index is 12.4. The Morgan fingerprint density at radius 2 is 1.37 bits per heavy atom. The Bertz CT molecular complexity index is 932. The predicted molar refractivity (Wildman–Crippen MR) is 109 cm³/mol. The van der Waals surface area contributed by atoms with Crippen molar-refractivity contribution < 1.29 is 8.42 Å². The second-order valence-corrected chi connectivity index (χ2v) is 8.72. The van der Waals surface area contributed by atoms with Gasteiger partial charge in [-0.3, -0.25) is 0 Å². The molecule has 3 rings (SSSR count). The van der Waals surface area contributed by atoms with Gasteiger partial charge in [-0.15, -0.1) is 0 Å². The van der Waals surface area contributed by atoms with Crippen molar-refractivity contribution in [1.82, 2.24) is 9.62 Å². The molecule has 27 heavy (non-hydrogen) atoms. The van der Waals surface area contributed by atoms with Gasteiger partial charge in [-0.2, -0.15) is 0 Å². The average Bonchev–Trinajstić information content (AvgIpc) is 2.70. The lowest BCUT2D eigenvalue weighted by Crippen LogP contribution is -2.24. The van der Waals surface area contributed by atoms with E-state index < -0.39 is 10.0 Å². The third kappa shape index (κ3) is 4.63. The Balaban J connectivity index is 1.85. The fourth-order valence-electron chi connectivity index (χ4n) is 2.97. The van der Waals surface area contributed by atoms with Gasteiger partial charge >= 0.3 is 0 Å². The zero-order valence-electron chi connectivity index (χ0n) is 15.5. The van der Waals surface area contributed by atoms with E-state index in [-0.39, 0.29) is 6.04 Å². The number of nitrogens with zero attached hydrogens (tertiary/aromatic N) is 1. The molecule has 3 aromatic carbocycles. The fourth-order valence-corrected chi connectivity index (χ4v) is 3.94. The summed E-state index contributed by atoms with van der Waals surface area (Å²) >= 11 is 0. The normalized spacial score (nSPS) is 11.9. The van der Waals surface area contributed by atoms with E-state index in [9.17, 15) is 8.42 Å². The summed E-state index contributed by atoms with van der Waals surface area (Å²) in [5.41, 5.74) is 3.26. The summed E-state index contributed by atoms with van der Waals surface area (Å²) in [5, 5.41) is 3.57. The smallest absolute Gasteiger partial charge is 0.242 e. The number of benzene rings is 3. The van der Waals surface area contributed by atoms with Gasteiger partial charge < -0.3 is 5.32 Å². The van der Waals surface area contributed by atoms with Gasteiger partial charge in [0.1, 0.15) is 0 Å². The quantitative estimate of drug-likeness (QED) is 0.678. The van der Waals surface area contributed by atoms with Gasteiger partial charge in [0.25, 0.3) is 0 Å². The summed E-state index contributed by atoms with van der Waals surface area (Å²) < 4.78 is 26.0. The minimum Gasteiger partial charge on any atom is -0.302 e. The van der Waals surface area contributed by atoms with Gasteiger partial charge in [0.05, 0.1) is 10.9 Å². The zero-order chi connectivity index (χ0) is 19.3. The van der Waals surface area contributed by atoms with Crippen molar-refractivity contribution in [2.75, 3.05) is 14.1 Å². The summed E-state index contributed by atoms with van der Waals surface area (Å²) in [6, 6.07) is 27.6. The minimum absolute atomic E-state index is 0.0292. The maximum atomic E-state index is 12.4. The van der Waals surface area contributed by atoms with Crippen LogP contribution in [0.25, 0.3) is 0 Å². The Kier molecular flexibility index (Phi) is 6.06. The standard InChI is InChI=1S/C22H24N2O2S/c1-24(2)27(25,26)21-15-9-10-18(16-21)17-23-22(19-11-5-3-6-12-19)20-13-7-4-8-14-20/h3-16,22-23H,17H2,1-2H3. The lowest BCUT2D eigenvalue weighted by molar-refractivity contribution is 0.520. The number of rotatable bonds is 7. The molecule has 4 nitrogen and oxygen atoms in total. The molecular weight excluding hydrogens is 356 g/mol. The van der Waals surface area contributed by atoms with Crippen molar-refractivity contribution in [3.63, 3.8) is 0 Å². The van der Waals surface area contributed by atoms with Gasteiger partial charge in [-0.05, 0) is 28.8 Å². The summed E-state index contributed by atoms with van der Waals surface area (Å²) in [6.45, 7) is 0.561. The Morgan fingerprint density at radius 3 is 1.89 bits per heavy atom. The topological polar surface area (TPSA) is 49.4 Å². The van der Waals surface area contributed by atoms with E-state index >= 15 is 0 Å². The lowest BCUT2D eigenvalue weighted by Gasteiger charge is -2.20. The van der Waals surface area contributed by atoms with E-state index in [1.165, 1.54) is 15.4 Å². The monoisotopic (exact) mass is 380 g/mol. The molecule has 0 aliphatic rings. The van der Waals surface area contributed by atoms with Crippen LogP contribution < -0.4 is 5.32 Å². The highest BCUT2D eigenvalue weighted by molar-refractivity contribution is 7.89. The molecule has 0 aromatic heterocycles. The van der Waals surface area contributed by atoms with Crippen molar-refractivity contribution in [3.8, 4) is 0 Å². The third-order valence-electron chi connectivity index (χ3n) is 4.45. The molecule has 5 heteroatoms. The first-order valence-corrected chi connectivity index (χ1v) is 10.3. The molecule has 0 bridgehead atoms. The molecule has 3 aromatic rings. The van der Waals surface area contributed by atoms with Crippen LogP contribution in [-0.2, 0) is 16.6 Å². The minimum atomic E-state index is -3.44. The van der Waals surface area contributed by atoms with Gasteiger partial charge in [0, 0.05) is 20.6 Å². The highest BCUT2D eigenvalue weighted by Crippen LogP contribution is 2.23. The van der Waals surface area contributed by atoms with Crippen LogP contribution in [0.15, 0.2) is 89.8 Å². The SMILES string of the molecule is CN(C)S(=O)(=O)c1cccc(CNC(c2ccccc2)c2ccccc2)c1. The van der Waals surface area contributed by atoms with Crippen LogP contribution in [-0.4, -0.2) is 26.8 Å². The number of sulfonamides is 1. The first-order chi connectivity index (χ1) is 13.0. The van der Waals surface area contributed by atoms with Crippen molar-refractivity contribution in [2.45, 2.75) is 17.5 Å². The largest absolute Gasteiger partial charge is 0.302 e. The fraction of sp³-hybridized carbons (Fsp3) is 0.182. The van der Waals surface area contributed by atoms with E-state index in [1.54, 1.807) is 32.3 Å². The van der Waals surface area contributed by atoms with E-state index in [0.29, 0.717) is 11.4 Å². The molecule has 0 saturated carbocycles. The van der Waals surface area contributed by atoms with E-state index in [0.717, 1.165) is 5.56 Å². The zero-order valence-corrected chi connectivity index (χ0v) is 16.4. The molecule has 140 valence electrons. The summed E-state index contributed by atoms with van der Waals surface area (Å²) in [5.74, 6) is 0.